The van der Waals surface area contributed by atoms with Crippen LogP contribution in [0.2, 0.25) is 5.02 Å². The molecule has 0 amide bonds. The van der Waals surface area contributed by atoms with Gasteiger partial charge in [0.2, 0.25) is 0 Å². The van der Waals surface area contributed by atoms with Crippen LogP contribution in [-0.2, 0) is 0 Å². The first-order valence-corrected chi connectivity index (χ1v) is 6.99. The van der Waals surface area contributed by atoms with Crippen LogP contribution >= 0.6 is 11.6 Å². The molecule has 0 fully saturated rings. The van der Waals surface area contributed by atoms with E-state index in [9.17, 15) is 8.78 Å². The second kappa shape index (κ2) is 6.87. The van der Waals surface area contributed by atoms with E-state index in [4.69, 9.17) is 16.3 Å². The van der Waals surface area contributed by atoms with Gasteiger partial charge in [-0.1, -0.05) is 23.7 Å². The fraction of sp³-hybridized carbons (Fsp3) is 0.250. The van der Waals surface area contributed by atoms with E-state index in [1.54, 1.807) is 7.05 Å². The minimum atomic E-state index is -0.953. The van der Waals surface area contributed by atoms with Gasteiger partial charge in [-0.15, -0.1) is 0 Å². The van der Waals surface area contributed by atoms with Gasteiger partial charge in [0.25, 0.3) is 0 Å². The first-order chi connectivity index (χ1) is 10.1. The Kier molecular flexibility index (Phi) is 5.15. The van der Waals surface area contributed by atoms with Crippen molar-refractivity contribution in [3.8, 4) is 5.75 Å². The third-order valence-corrected chi connectivity index (χ3v) is 3.49. The second-order valence-corrected chi connectivity index (χ2v) is 4.92. The third-order valence-electron chi connectivity index (χ3n) is 3.16. The molecule has 0 aliphatic rings. The van der Waals surface area contributed by atoms with Gasteiger partial charge in [0.05, 0.1) is 12.6 Å². The van der Waals surface area contributed by atoms with Crippen molar-refractivity contribution >= 4 is 11.6 Å². The second-order valence-electron chi connectivity index (χ2n) is 4.51. The Bertz CT molecular complexity index is 616. The van der Waals surface area contributed by atoms with E-state index >= 15 is 0 Å². The summed E-state index contributed by atoms with van der Waals surface area (Å²) in [6.07, 6.45) is 0. The molecule has 0 spiro atoms. The fourth-order valence-electron chi connectivity index (χ4n) is 2.18. The summed E-state index contributed by atoms with van der Waals surface area (Å²) in [4.78, 5) is 0. The Labute approximate surface area is 127 Å². The van der Waals surface area contributed by atoms with Crippen molar-refractivity contribution in [2.75, 3.05) is 13.7 Å². The minimum Gasteiger partial charge on any atom is -0.494 e. The van der Waals surface area contributed by atoms with E-state index in [1.165, 1.54) is 0 Å². The van der Waals surface area contributed by atoms with Gasteiger partial charge in [0, 0.05) is 5.02 Å². The topological polar surface area (TPSA) is 21.3 Å². The highest BCUT2D eigenvalue weighted by Crippen LogP contribution is 2.30. The standard InChI is InChI=1S/C16H16ClF2NO/c1-3-21-11-6-4-10(5-7-11)16(20-2)12-8-14(18)15(19)9-13(12)17/h4-9,16,20H,3H2,1-2H3. The smallest absolute Gasteiger partial charge is 0.160 e. The van der Waals surface area contributed by atoms with Crippen LogP contribution in [0.3, 0.4) is 0 Å². The average molecular weight is 312 g/mol. The summed E-state index contributed by atoms with van der Waals surface area (Å²) >= 11 is 6.03. The lowest BCUT2D eigenvalue weighted by atomic mass is 9.98. The van der Waals surface area contributed by atoms with Gasteiger partial charge in [-0.05, 0) is 49.4 Å². The normalized spacial score (nSPS) is 12.2. The highest BCUT2D eigenvalue weighted by atomic mass is 35.5. The van der Waals surface area contributed by atoms with E-state index in [0.29, 0.717) is 12.2 Å². The molecule has 0 aliphatic heterocycles. The van der Waals surface area contributed by atoms with Crippen molar-refractivity contribution in [1.82, 2.24) is 5.32 Å². The number of benzene rings is 2. The SMILES string of the molecule is CCOc1ccc(C(NC)c2cc(F)c(F)cc2Cl)cc1. The molecule has 0 saturated carbocycles. The van der Waals surface area contributed by atoms with Gasteiger partial charge >= 0.3 is 0 Å². The van der Waals surface area contributed by atoms with Gasteiger partial charge in [0.1, 0.15) is 5.75 Å². The molecule has 1 unspecified atom stereocenters. The van der Waals surface area contributed by atoms with E-state index < -0.39 is 11.6 Å². The molecule has 0 saturated heterocycles. The maximum absolute atomic E-state index is 13.5. The van der Waals surface area contributed by atoms with Crippen LogP contribution in [0.5, 0.6) is 5.75 Å². The van der Waals surface area contributed by atoms with Crippen LogP contribution in [0.25, 0.3) is 0 Å². The number of ether oxygens (including phenoxy) is 1. The highest BCUT2D eigenvalue weighted by Gasteiger charge is 2.18. The number of halogens is 3. The lowest BCUT2D eigenvalue weighted by molar-refractivity contribution is 0.340. The molecule has 0 aromatic heterocycles. The summed E-state index contributed by atoms with van der Waals surface area (Å²) in [6, 6.07) is 9.17. The van der Waals surface area contributed by atoms with E-state index in [1.807, 2.05) is 31.2 Å². The predicted octanol–water partition coefficient (Wildman–Crippen LogP) is 4.33. The average Bonchev–Trinajstić information content (AvgIpc) is 2.47. The summed E-state index contributed by atoms with van der Waals surface area (Å²) < 4.78 is 32.0. The molecule has 0 radical (unpaired) electrons. The van der Waals surface area contributed by atoms with Crippen molar-refractivity contribution in [2.24, 2.45) is 0 Å². The number of hydrogen-bond donors (Lipinski definition) is 1. The van der Waals surface area contributed by atoms with Crippen molar-refractivity contribution in [3.63, 3.8) is 0 Å². The molecular formula is C16H16ClF2NO. The monoisotopic (exact) mass is 311 g/mol. The Hall–Kier alpha value is -1.65. The fourth-order valence-corrected chi connectivity index (χ4v) is 2.44. The highest BCUT2D eigenvalue weighted by molar-refractivity contribution is 6.31. The van der Waals surface area contributed by atoms with Gasteiger partial charge < -0.3 is 10.1 Å². The zero-order chi connectivity index (χ0) is 15.4. The maximum atomic E-state index is 13.5. The summed E-state index contributed by atoms with van der Waals surface area (Å²) in [5, 5.41) is 3.24. The Balaban J connectivity index is 2.37. The first kappa shape index (κ1) is 15.7. The van der Waals surface area contributed by atoms with Gasteiger partial charge in [-0.25, -0.2) is 8.78 Å². The number of hydrogen-bond acceptors (Lipinski definition) is 2. The Morgan fingerprint density at radius 2 is 1.76 bits per heavy atom. The largest absolute Gasteiger partial charge is 0.494 e. The molecule has 5 heteroatoms. The van der Waals surface area contributed by atoms with E-state index in [-0.39, 0.29) is 11.1 Å². The molecular weight excluding hydrogens is 296 g/mol. The van der Waals surface area contributed by atoms with E-state index in [2.05, 4.69) is 5.32 Å². The first-order valence-electron chi connectivity index (χ1n) is 6.61. The van der Waals surface area contributed by atoms with Gasteiger partial charge in [-0.2, -0.15) is 0 Å². The zero-order valence-corrected chi connectivity index (χ0v) is 12.5. The lowest BCUT2D eigenvalue weighted by Crippen LogP contribution is -2.18. The molecule has 112 valence electrons. The Morgan fingerprint density at radius 3 is 2.33 bits per heavy atom. The number of nitrogens with one attached hydrogen (secondary N) is 1. The van der Waals surface area contributed by atoms with Crippen molar-refractivity contribution < 1.29 is 13.5 Å². The van der Waals surface area contributed by atoms with Crippen molar-refractivity contribution in [2.45, 2.75) is 13.0 Å². The summed E-state index contributed by atoms with van der Waals surface area (Å²) in [5.41, 5.74) is 1.37. The molecule has 2 rings (SSSR count). The lowest BCUT2D eigenvalue weighted by Gasteiger charge is -2.19. The number of rotatable bonds is 5. The molecule has 2 aromatic rings. The molecule has 2 aromatic carbocycles. The maximum Gasteiger partial charge on any atom is 0.160 e. The van der Waals surface area contributed by atoms with Crippen LogP contribution in [0.4, 0.5) is 8.78 Å². The zero-order valence-electron chi connectivity index (χ0n) is 11.8. The molecule has 0 heterocycles. The molecule has 0 aliphatic carbocycles. The Morgan fingerprint density at radius 1 is 1.14 bits per heavy atom. The van der Waals surface area contributed by atoms with Crippen molar-refractivity contribution in [1.29, 1.82) is 0 Å². The molecule has 21 heavy (non-hydrogen) atoms. The van der Waals surface area contributed by atoms with Gasteiger partial charge in [-0.3, -0.25) is 0 Å². The van der Waals surface area contributed by atoms with Crippen LogP contribution in [0, 0.1) is 11.6 Å². The van der Waals surface area contributed by atoms with Crippen LogP contribution in [0.15, 0.2) is 36.4 Å². The third kappa shape index (κ3) is 3.52. The van der Waals surface area contributed by atoms with E-state index in [0.717, 1.165) is 23.4 Å². The minimum absolute atomic E-state index is 0.183. The summed E-state index contributed by atoms with van der Waals surface area (Å²) in [7, 11) is 1.73. The molecule has 2 nitrogen and oxygen atoms in total. The summed E-state index contributed by atoms with van der Waals surface area (Å²) in [5.74, 6) is -1.11. The van der Waals surface area contributed by atoms with Gasteiger partial charge in [0.15, 0.2) is 11.6 Å². The molecule has 1 atom stereocenters. The van der Waals surface area contributed by atoms with Crippen LogP contribution in [-0.4, -0.2) is 13.7 Å². The van der Waals surface area contributed by atoms with Crippen LogP contribution < -0.4 is 10.1 Å². The predicted molar refractivity (Wildman–Crippen MR) is 79.9 cm³/mol. The van der Waals surface area contributed by atoms with Crippen LogP contribution in [0.1, 0.15) is 24.1 Å². The molecule has 0 bridgehead atoms. The molecule has 1 N–H and O–H groups in total. The summed E-state index contributed by atoms with van der Waals surface area (Å²) in [6.45, 7) is 2.50. The van der Waals surface area contributed by atoms with Crippen molar-refractivity contribution in [3.05, 3.63) is 64.2 Å². The quantitative estimate of drug-likeness (QED) is 0.830.